The van der Waals surface area contributed by atoms with Gasteiger partial charge in [0, 0.05) is 32.3 Å². The van der Waals surface area contributed by atoms with Gasteiger partial charge < -0.3 is 4.90 Å². The van der Waals surface area contributed by atoms with Crippen LogP contribution in [0.3, 0.4) is 0 Å². The zero-order valence-electron chi connectivity index (χ0n) is 11.7. The molecule has 9 nitrogen and oxygen atoms in total. The van der Waals surface area contributed by atoms with E-state index in [0.717, 1.165) is 4.68 Å². The molecule has 0 aliphatic carbocycles. The normalized spacial score (nSPS) is 14.0. The number of hydrogen-bond donors (Lipinski definition) is 0. The highest BCUT2D eigenvalue weighted by molar-refractivity contribution is 5.92. The predicted octanol–water partition coefficient (Wildman–Crippen LogP) is -0.943. The van der Waals surface area contributed by atoms with Crippen LogP contribution in [0.1, 0.15) is 16.3 Å². The highest BCUT2D eigenvalue weighted by atomic mass is 16.2. The van der Waals surface area contributed by atoms with Crippen LogP contribution in [0.2, 0.25) is 0 Å². The van der Waals surface area contributed by atoms with Crippen molar-refractivity contribution in [3.05, 3.63) is 40.6 Å². The molecule has 3 heterocycles. The number of hydrogen-bond acceptors (Lipinski definition) is 6. The molecule has 0 saturated heterocycles. The van der Waals surface area contributed by atoms with Gasteiger partial charge in [0.25, 0.3) is 5.91 Å². The van der Waals surface area contributed by atoms with Gasteiger partial charge in [-0.2, -0.15) is 15.0 Å². The van der Waals surface area contributed by atoms with Crippen LogP contribution in [0.25, 0.3) is 0 Å². The van der Waals surface area contributed by atoms with E-state index in [0.29, 0.717) is 37.6 Å². The first kappa shape index (κ1) is 13.9. The van der Waals surface area contributed by atoms with E-state index in [1.807, 2.05) is 6.07 Å². The van der Waals surface area contributed by atoms with Crippen molar-refractivity contribution in [2.45, 2.75) is 19.5 Å². The molecule has 2 aromatic rings. The van der Waals surface area contributed by atoms with E-state index in [1.54, 1.807) is 11.0 Å². The Labute approximate surface area is 125 Å². The lowest BCUT2D eigenvalue weighted by Crippen LogP contribution is -2.35. The molecule has 9 heteroatoms. The molecular formula is C13H13N7O2. The minimum Gasteiger partial charge on any atom is -0.335 e. The van der Waals surface area contributed by atoms with E-state index in [9.17, 15) is 9.59 Å². The van der Waals surface area contributed by atoms with E-state index in [-0.39, 0.29) is 18.1 Å². The van der Waals surface area contributed by atoms with Crippen molar-refractivity contribution in [1.82, 2.24) is 29.2 Å². The Morgan fingerprint density at radius 1 is 1.36 bits per heavy atom. The molecule has 0 spiro atoms. The fourth-order valence-corrected chi connectivity index (χ4v) is 2.42. The van der Waals surface area contributed by atoms with Crippen LogP contribution in [0.4, 0.5) is 0 Å². The summed E-state index contributed by atoms with van der Waals surface area (Å²) in [5.41, 5.74) is 0.0179. The van der Waals surface area contributed by atoms with Gasteiger partial charge in [0.05, 0.1) is 6.07 Å². The number of amides is 1. The van der Waals surface area contributed by atoms with E-state index in [1.165, 1.54) is 17.1 Å². The van der Waals surface area contributed by atoms with Crippen molar-refractivity contribution in [2.24, 2.45) is 0 Å². The molecule has 0 fully saturated rings. The fraction of sp³-hybridized carbons (Fsp3) is 0.385. The zero-order chi connectivity index (χ0) is 15.5. The Morgan fingerprint density at radius 2 is 2.23 bits per heavy atom. The molecule has 1 amide bonds. The van der Waals surface area contributed by atoms with Gasteiger partial charge in [0.15, 0.2) is 0 Å². The van der Waals surface area contributed by atoms with Crippen LogP contribution in [0, 0.1) is 11.3 Å². The van der Waals surface area contributed by atoms with Gasteiger partial charge in [-0.1, -0.05) is 0 Å². The lowest BCUT2D eigenvalue weighted by atomic mass is 10.3. The third-order valence-corrected chi connectivity index (χ3v) is 3.51. The second-order valence-electron chi connectivity index (χ2n) is 4.80. The number of nitriles is 1. The molecule has 0 unspecified atom stereocenters. The van der Waals surface area contributed by atoms with Crippen molar-refractivity contribution >= 4 is 5.91 Å². The van der Waals surface area contributed by atoms with E-state index in [2.05, 4.69) is 15.1 Å². The fourth-order valence-electron chi connectivity index (χ4n) is 2.42. The summed E-state index contributed by atoms with van der Waals surface area (Å²) in [4.78, 5) is 33.8. The smallest absolute Gasteiger partial charge is 0.335 e. The molecule has 0 radical (unpaired) electrons. The van der Waals surface area contributed by atoms with Crippen LogP contribution < -0.4 is 5.69 Å². The summed E-state index contributed by atoms with van der Waals surface area (Å²) in [7, 11) is 0. The highest BCUT2D eigenvalue weighted by Gasteiger charge is 2.23. The standard InChI is InChI=1S/C13H13N7O2/c14-3-6-20-13(22)19-8-7-18(5-2-11(19)17-20)12(21)10-1-4-15-9-16-10/h1,4,9H,2,5-8H2. The van der Waals surface area contributed by atoms with Gasteiger partial charge in [-0.25, -0.2) is 14.8 Å². The molecule has 3 rings (SSSR count). The van der Waals surface area contributed by atoms with Gasteiger partial charge in [0.2, 0.25) is 0 Å². The van der Waals surface area contributed by atoms with Crippen molar-refractivity contribution in [1.29, 1.82) is 5.26 Å². The van der Waals surface area contributed by atoms with Crippen molar-refractivity contribution < 1.29 is 4.79 Å². The Hall–Kier alpha value is -3.02. The monoisotopic (exact) mass is 299 g/mol. The summed E-state index contributed by atoms with van der Waals surface area (Å²) in [5, 5.41) is 12.8. The molecule has 0 bridgehead atoms. The molecular weight excluding hydrogens is 286 g/mol. The lowest BCUT2D eigenvalue weighted by Gasteiger charge is -2.19. The summed E-state index contributed by atoms with van der Waals surface area (Å²) in [5.74, 6) is 0.406. The minimum absolute atomic E-state index is 0.0671. The highest BCUT2D eigenvalue weighted by Crippen LogP contribution is 2.08. The molecule has 0 atom stereocenters. The first-order valence-electron chi connectivity index (χ1n) is 6.79. The average molecular weight is 299 g/mol. The predicted molar refractivity (Wildman–Crippen MR) is 73.7 cm³/mol. The number of carbonyl (C=O) groups excluding carboxylic acids is 1. The van der Waals surface area contributed by atoms with Gasteiger partial charge >= 0.3 is 5.69 Å². The Morgan fingerprint density at radius 3 is 2.95 bits per heavy atom. The number of nitrogens with zero attached hydrogens (tertiary/aromatic N) is 7. The maximum atomic E-state index is 12.4. The third-order valence-electron chi connectivity index (χ3n) is 3.51. The number of rotatable bonds is 2. The minimum atomic E-state index is -0.312. The van der Waals surface area contributed by atoms with Crippen molar-refractivity contribution in [3.8, 4) is 6.07 Å². The van der Waals surface area contributed by atoms with Crippen molar-refractivity contribution in [3.63, 3.8) is 0 Å². The first-order chi connectivity index (χ1) is 10.7. The van der Waals surface area contributed by atoms with E-state index < -0.39 is 0 Å². The lowest BCUT2D eigenvalue weighted by molar-refractivity contribution is 0.0752. The number of aromatic nitrogens is 5. The van der Waals surface area contributed by atoms with E-state index in [4.69, 9.17) is 5.26 Å². The summed E-state index contributed by atoms with van der Waals surface area (Å²) < 4.78 is 2.67. The summed E-state index contributed by atoms with van der Waals surface area (Å²) in [6.07, 6.45) is 3.31. The Kier molecular flexibility index (Phi) is 3.65. The molecule has 22 heavy (non-hydrogen) atoms. The summed E-state index contributed by atoms with van der Waals surface area (Å²) in [6, 6.07) is 3.47. The molecule has 0 aromatic carbocycles. The maximum Gasteiger partial charge on any atom is 0.346 e. The molecule has 0 N–H and O–H groups in total. The van der Waals surface area contributed by atoms with Crippen LogP contribution in [0.15, 0.2) is 23.4 Å². The average Bonchev–Trinajstić information content (AvgIpc) is 2.73. The maximum absolute atomic E-state index is 12.4. The largest absolute Gasteiger partial charge is 0.346 e. The molecule has 1 aliphatic rings. The van der Waals surface area contributed by atoms with Crippen LogP contribution in [-0.4, -0.2) is 48.2 Å². The first-order valence-corrected chi connectivity index (χ1v) is 6.79. The SMILES string of the molecule is N#CCn1nc2n(c1=O)CCN(C(=O)c1ccncn1)CC2. The van der Waals surface area contributed by atoms with Gasteiger partial charge in [-0.3, -0.25) is 9.36 Å². The Balaban J connectivity index is 1.79. The number of carbonyl (C=O) groups is 1. The molecule has 0 saturated carbocycles. The van der Waals surface area contributed by atoms with Gasteiger partial charge in [-0.05, 0) is 6.07 Å². The third kappa shape index (κ3) is 2.46. The van der Waals surface area contributed by atoms with Gasteiger partial charge in [-0.15, -0.1) is 0 Å². The quantitative estimate of drug-likeness (QED) is 0.707. The zero-order valence-corrected chi connectivity index (χ0v) is 11.7. The summed E-state index contributed by atoms with van der Waals surface area (Å²) in [6.45, 7) is 1.14. The summed E-state index contributed by atoms with van der Waals surface area (Å²) >= 11 is 0. The van der Waals surface area contributed by atoms with E-state index >= 15 is 0 Å². The topological polar surface area (TPSA) is 110 Å². The van der Waals surface area contributed by atoms with Crippen molar-refractivity contribution in [2.75, 3.05) is 13.1 Å². The second kappa shape index (κ2) is 5.77. The Bertz CT molecular complexity index is 787. The second-order valence-corrected chi connectivity index (χ2v) is 4.80. The van der Waals surface area contributed by atoms with Crippen LogP contribution in [-0.2, 0) is 19.5 Å². The molecule has 1 aliphatic heterocycles. The van der Waals surface area contributed by atoms with Crippen LogP contribution >= 0.6 is 0 Å². The molecule has 2 aromatic heterocycles. The molecule has 112 valence electrons. The number of fused-ring (bicyclic) bond motifs is 1. The van der Waals surface area contributed by atoms with Gasteiger partial charge in [0.1, 0.15) is 24.4 Å². The van der Waals surface area contributed by atoms with Crippen LogP contribution in [0.5, 0.6) is 0 Å².